The maximum absolute atomic E-state index is 13.0. The van der Waals surface area contributed by atoms with E-state index in [4.69, 9.17) is 4.74 Å². The van der Waals surface area contributed by atoms with Crippen LogP contribution in [0.2, 0.25) is 0 Å². The van der Waals surface area contributed by atoms with Crippen LogP contribution in [0.25, 0.3) is 0 Å². The molecule has 0 amide bonds. The van der Waals surface area contributed by atoms with Crippen molar-refractivity contribution in [1.82, 2.24) is 5.32 Å². The molecule has 0 bridgehead atoms. The molecule has 0 saturated carbocycles. The Balaban J connectivity index is 2.67. The van der Waals surface area contributed by atoms with E-state index in [1.54, 1.807) is 18.2 Å². The number of esters is 1. The molecule has 0 aliphatic rings. The van der Waals surface area contributed by atoms with Crippen LogP contribution in [0.5, 0.6) is 0 Å². The van der Waals surface area contributed by atoms with E-state index < -0.39 is 6.04 Å². The molecule has 18 heavy (non-hydrogen) atoms. The van der Waals surface area contributed by atoms with Gasteiger partial charge in [0.15, 0.2) is 0 Å². The van der Waals surface area contributed by atoms with Crippen molar-refractivity contribution in [2.24, 2.45) is 5.92 Å². The van der Waals surface area contributed by atoms with E-state index in [0.717, 1.165) is 5.56 Å². The van der Waals surface area contributed by atoms with E-state index >= 15 is 0 Å². The summed E-state index contributed by atoms with van der Waals surface area (Å²) in [6.07, 6.45) is 1.68. The van der Waals surface area contributed by atoms with Gasteiger partial charge in [0, 0.05) is 6.54 Å². The molecule has 0 radical (unpaired) electrons. The number of carbonyl (C=O) groups is 1. The number of nitrogens with one attached hydrogen (secondary N) is 1. The summed E-state index contributed by atoms with van der Waals surface area (Å²) in [5.41, 5.74) is 0.778. The van der Waals surface area contributed by atoms with Gasteiger partial charge in [-0.2, -0.15) is 0 Å². The van der Waals surface area contributed by atoms with Crippen LogP contribution in [0.4, 0.5) is 4.39 Å². The number of carbonyl (C=O) groups excluding carboxylic acids is 1. The molecule has 1 aromatic rings. The quantitative estimate of drug-likeness (QED) is 0.622. The van der Waals surface area contributed by atoms with E-state index in [2.05, 4.69) is 11.9 Å². The van der Waals surface area contributed by atoms with E-state index in [0.29, 0.717) is 6.54 Å². The van der Waals surface area contributed by atoms with Crippen LogP contribution in [-0.4, -0.2) is 19.1 Å². The van der Waals surface area contributed by atoms with Crippen molar-refractivity contribution in [3.05, 3.63) is 48.3 Å². The molecule has 0 saturated heterocycles. The molecule has 0 heterocycles. The molecule has 98 valence electrons. The normalized spacial score (nSPS) is 13.7. The number of halogens is 1. The average Bonchev–Trinajstić information content (AvgIpc) is 2.38. The minimum Gasteiger partial charge on any atom is -0.468 e. The Morgan fingerprint density at radius 2 is 2.33 bits per heavy atom. The summed E-state index contributed by atoms with van der Waals surface area (Å²) in [4.78, 5) is 11.6. The Hall–Kier alpha value is -1.68. The van der Waals surface area contributed by atoms with Gasteiger partial charge in [-0.3, -0.25) is 10.1 Å². The molecule has 0 aromatic heterocycles. The van der Waals surface area contributed by atoms with Crippen molar-refractivity contribution in [2.75, 3.05) is 7.11 Å². The molecule has 0 aliphatic heterocycles. The second-order valence-corrected chi connectivity index (χ2v) is 4.11. The summed E-state index contributed by atoms with van der Waals surface area (Å²) >= 11 is 0. The zero-order valence-corrected chi connectivity index (χ0v) is 10.7. The highest BCUT2D eigenvalue weighted by atomic mass is 19.1. The molecule has 2 atom stereocenters. The third-order valence-corrected chi connectivity index (χ3v) is 2.77. The summed E-state index contributed by atoms with van der Waals surface area (Å²) in [6, 6.07) is 5.77. The zero-order chi connectivity index (χ0) is 13.5. The lowest BCUT2D eigenvalue weighted by Crippen LogP contribution is -2.41. The van der Waals surface area contributed by atoms with Crippen LogP contribution in [0.3, 0.4) is 0 Å². The Kier molecular flexibility index (Phi) is 5.52. The van der Waals surface area contributed by atoms with Crippen molar-refractivity contribution in [1.29, 1.82) is 0 Å². The topological polar surface area (TPSA) is 38.3 Å². The maximum atomic E-state index is 13.0. The minimum atomic E-state index is -0.476. The van der Waals surface area contributed by atoms with Crippen LogP contribution in [0, 0.1) is 11.7 Å². The fourth-order valence-corrected chi connectivity index (χ4v) is 1.62. The van der Waals surface area contributed by atoms with Gasteiger partial charge in [-0.25, -0.2) is 4.39 Å². The molecule has 1 rings (SSSR count). The third kappa shape index (κ3) is 3.96. The molecule has 3 nitrogen and oxygen atoms in total. The lowest BCUT2D eigenvalue weighted by molar-refractivity contribution is -0.144. The molecule has 0 aliphatic carbocycles. The smallest absolute Gasteiger partial charge is 0.323 e. The predicted molar refractivity (Wildman–Crippen MR) is 68.4 cm³/mol. The number of rotatable bonds is 6. The summed E-state index contributed by atoms with van der Waals surface area (Å²) < 4.78 is 17.7. The monoisotopic (exact) mass is 251 g/mol. The molecular formula is C14H18FNO2. The van der Waals surface area contributed by atoms with Crippen LogP contribution in [-0.2, 0) is 16.1 Å². The lowest BCUT2D eigenvalue weighted by Gasteiger charge is -2.20. The minimum absolute atomic E-state index is 0.0639. The average molecular weight is 251 g/mol. The fraction of sp³-hybridized carbons (Fsp3) is 0.357. The molecule has 0 fully saturated rings. The SMILES string of the molecule is C=C[C@H](C)[C@@H](NCc1cccc(F)c1)C(=O)OC. The van der Waals surface area contributed by atoms with Gasteiger partial charge in [-0.05, 0) is 23.6 Å². The van der Waals surface area contributed by atoms with Crippen molar-refractivity contribution >= 4 is 5.97 Å². The Morgan fingerprint density at radius 3 is 2.89 bits per heavy atom. The summed E-state index contributed by atoms with van der Waals surface area (Å²) in [5, 5.41) is 3.05. The van der Waals surface area contributed by atoms with Crippen LogP contribution in [0.1, 0.15) is 12.5 Å². The largest absolute Gasteiger partial charge is 0.468 e. The van der Waals surface area contributed by atoms with Crippen molar-refractivity contribution in [3.8, 4) is 0 Å². The Morgan fingerprint density at radius 1 is 1.61 bits per heavy atom. The lowest BCUT2D eigenvalue weighted by atomic mass is 10.0. The first-order valence-electron chi connectivity index (χ1n) is 5.76. The van der Waals surface area contributed by atoms with E-state index in [1.165, 1.54) is 19.2 Å². The Labute approximate surface area is 107 Å². The van der Waals surface area contributed by atoms with Gasteiger partial charge in [-0.15, -0.1) is 6.58 Å². The zero-order valence-electron chi connectivity index (χ0n) is 10.7. The van der Waals surface area contributed by atoms with Gasteiger partial charge in [0.05, 0.1) is 7.11 Å². The van der Waals surface area contributed by atoms with Crippen molar-refractivity contribution in [2.45, 2.75) is 19.5 Å². The number of hydrogen-bond acceptors (Lipinski definition) is 3. The van der Waals surface area contributed by atoms with Gasteiger partial charge in [0.25, 0.3) is 0 Å². The standard InChI is InChI=1S/C14H18FNO2/c1-4-10(2)13(14(17)18-3)16-9-11-6-5-7-12(15)8-11/h4-8,10,13,16H,1,9H2,2-3H3/t10-,13+/m0/s1. The second-order valence-electron chi connectivity index (χ2n) is 4.11. The van der Waals surface area contributed by atoms with Crippen molar-refractivity contribution in [3.63, 3.8) is 0 Å². The summed E-state index contributed by atoms with van der Waals surface area (Å²) in [5.74, 6) is -0.703. The van der Waals surface area contributed by atoms with Gasteiger partial charge in [-0.1, -0.05) is 25.1 Å². The highest BCUT2D eigenvalue weighted by molar-refractivity contribution is 5.76. The number of benzene rings is 1. The molecule has 1 N–H and O–H groups in total. The molecule has 4 heteroatoms. The third-order valence-electron chi connectivity index (χ3n) is 2.77. The van der Waals surface area contributed by atoms with E-state index in [-0.39, 0.29) is 17.7 Å². The van der Waals surface area contributed by atoms with Gasteiger partial charge in [0.2, 0.25) is 0 Å². The fourth-order valence-electron chi connectivity index (χ4n) is 1.62. The Bertz CT molecular complexity index is 420. The summed E-state index contributed by atoms with van der Waals surface area (Å²) in [7, 11) is 1.34. The molecular weight excluding hydrogens is 233 g/mol. The first kappa shape index (κ1) is 14.4. The molecule has 0 spiro atoms. The van der Waals surface area contributed by atoms with Gasteiger partial charge >= 0.3 is 5.97 Å². The van der Waals surface area contributed by atoms with Crippen LogP contribution in [0.15, 0.2) is 36.9 Å². The van der Waals surface area contributed by atoms with Gasteiger partial charge < -0.3 is 4.74 Å². The maximum Gasteiger partial charge on any atom is 0.323 e. The first-order chi connectivity index (χ1) is 8.58. The highest BCUT2D eigenvalue weighted by Crippen LogP contribution is 2.09. The number of methoxy groups -OCH3 is 1. The van der Waals surface area contributed by atoms with Crippen LogP contribution >= 0.6 is 0 Å². The molecule has 1 aromatic carbocycles. The highest BCUT2D eigenvalue weighted by Gasteiger charge is 2.23. The predicted octanol–water partition coefficient (Wildman–Crippen LogP) is 2.28. The summed E-state index contributed by atoms with van der Waals surface area (Å²) in [6.45, 7) is 5.93. The number of ether oxygens (including phenoxy) is 1. The van der Waals surface area contributed by atoms with E-state index in [9.17, 15) is 9.18 Å². The van der Waals surface area contributed by atoms with Crippen LogP contribution < -0.4 is 5.32 Å². The molecule has 0 unspecified atom stereocenters. The first-order valence-corrected chi connectivity index (χ1v) is 5.76. The number of hydrogen-bond donors (Lipinski definition) is 1. The van der Waals surface area contributed by atoms with Gasteiger partial charge in [0.1, 0.15) is 11.9 Å². The van der Waals surface area contributed by atoms with E-state index in [1.807, 2.05) is 6.92 Å². The second kappa shape index (κ2) is 6.91. The van der Waals surface area contributed by atoms with Crippen molar-refractivity contribution < 1.29 is 13.9 Å².